The molecule has 0 fully saturated rings. The van der Waals surface area contributed by atoms with Crippen LogP contribution in [-0.4, -0.2) is 21.6 Å². The third kappa shape index (κ3) is 4.56. The van der Waals surface area contributed by atoms with Crippen molar-refractivity contribution < 1.29 is 0 Å². The molecule has 0 radical (unpaired) electrons. The smallest absolute Gasteiger partial charge is 0.293 e. The molecular formula is C12H22N4O. The van der Waals surface area contributed by atoms with Crippen LogP contribution in [0.2, 0.25) is 0 Å². The van der Waals surface area contributed by atoms with Crippen molar-refractivity contribution in [2.24, 2.45) is 11.7 Å². The molecule has 0 aliphatic carbocycles. The van der Waals surface area contributed by atoms with Gasteiger partial charge in [0.2, 0.25) is 0 Å². The Balaban J connectivity index is 2.84. The summed E-state index contributed by atoms with van der Waals surface area (Å²) in [5.74, 6) is 0.792. The molecule has 96 valence electrons. The zero-order valence-electron chi connectivity index (χ0n) is 11.0. The van der Waals surface area contributed by atoms with Crippen LogP contribution in [0.3, 0.4) is 0 Å². The summed E-state index contributed by atoms with van der Waals surface area (Å²) < 4.78 is 1.67. The molecule has 0 unspecified atom stereocenters. The summed E-state index contributed by atoms with van der Waals surface area (Å²) in [7, 11) is 0. The second-order valence-corrected chi connectivity index (χ2v) is 5.47. The van der Waals surface area contributed by atoms with Crippen LogP contribution in [0.15, 0.2) is 17.2 Å². The molecule has 0 aromatic carbocycles. The van der Waals surface area contributed by atoms with Gasteiger partial charge >= 0.3 is 0 Å². The SMILES string of the molecule is CC(C)Cn1ccnc(NCC(C)(C)N)c1=O. The number of hydrogen-bond acceptors (Lipinski definition) is 4. The zero-order valence-corrected chi connectivity index (χ0v) is 11.0. The van der Waals surface area contributed by atoms with Crippen LogP contribution in [0, 0.1) is 5.92 Å². The van der Waals surface area contributed by atoms with Crippen LogP contribution < -0.4 is 16.6 Å². The Morgan fingerprint density at radius 1 is 1.53 bits per heavy atom. The number of nitrogens with one attached hydrogen (secondary N) is 1. The molecule has 1 heterocycles. The van der Waals surface area contributed by atoms with Crippen molar-refractivity contribution in [3.05, 3.63) is 22.7 Å². The Bertz CT molecular complexity index is 417. The van der Waals surface area contributed by atoms with Gasteiger partial charge in [-0.1, -0.05) is 13.8 Å². The highest BCUT2D eigenvalue weighted by atomic mass is 16.1. The number of nitrogens with zero attached hydrogens (tertiary/aromatic N) is 2. The quantitative estimate of drug-likeness (QED) is 0.804. The predicted molar refractivity (Wildman–Crippen MR) is 70.1 cm³/mol. The highest BCUT2D eigenvalue weighted by Gasteiger charge is 2.12. The van der Waals surface area contributed by atoms with E-state index < -0.39 is 0 Å². The van der Waals surface area contributed by atoms with Crippen molar-refractivity contribution in [2.75, 3.05) is 11.9 Å². The number of aromatic nitrogens is 2. The van der Waals surface area contributed by atoms with Gasteiger partial charge in [-0.15, -0.1) is 0 Å². The molecule has 0 saturated heterocycles. The number of nitrogens with two attached hydrogens (primary N) is 1. The summed E-state index contributed by atoms with van der Waals surface area (Å²) in [5, 5.41) is 3.00. The van der Waals surface area contributed by atoms with E-state index >= 15 is 0 Å². The average molecular weight is 238 g/mol. The molecule has 5 heteroatoms. The fourth-order valence-corrected chi connectivity index (χ4v) is 1.42. The number of hydrogen-bond donors (Lipinski definition) is 2. The van der Waals surface area contributed by atoms with E-state index in [1.165, 1.54) is 0 Å². The highest BCUT2D eigenvalue weighted by Crippen LogP contribution is 2.01. The molecule has 3 N–H and O–H groups in total. The number of rotatable bonds is 5. The molecule has 0 amide bonds. The lowest BCUT2D eigenvalue weighted by molar-refractivity contribution is 0.508. The van der Waals surface area contributed by atoms with Crippen LogP contribution >= 0.6 is 0 Å². The first-order valence-corrected chi connectivity index (χ1v) is 5.88. The summed E-state index contributed by atoms with van der Waals surface area (Å²) in [6.07, 6.45) is 3.34. The summed E-state index contributed by atoms with van der Waals surface area (Å²) in [6.45, 7) is 9.15. The Labute approximate surface area is 102 Å². The molecule has 1 aromatic heterocycles. The molecule has 0 atom stereocenters. The van der Waals surface area contributed by atoms with Gasteiger partial charge in [-0.2, -0.15) is 0 Å². The largest absolute Gasteiger partial charge is 0.364 e. The van der Waals surface area contributed by atoms with Gasteiger partial charge in [-0.05, 0) is 19.8 Å². The lowest BCUT2D eigenvalue weighted by Gasteiger charge is -2.19. The van der Waals surface area contributed by atoms with Crippen LogP contribution in [0.25, 0.3) is 0 Å². The molecule has 0 aliphatic rings. The molecule has 0 spiro atoms. The second kappa shape index (κ2) is 5.31. The third-order valence-corrected chi connectivity index (χ3v) is 2.19. The second-order valence-electron chi connectivity index (χ2n) is 5.47. The molecular weight excluding hydrogens is 216 g/mol. The molecule has 0 saturated carbocycles. The predicted octanol–water partition coefficient (Wildman–Crippen LogP) is 1.05. The monoisotopic (exact) mass is 238 g/mol. The van der Waals surface area contributed by atoms with Crippen molar-refractivity contribution >= 4 is 5.82 Å². The number of anilines is 1. The van der Waals surface area contributed by atoms with Gasteiger partial charge in [0, 0.05) is 31.0 Å². The van der Waals surface area contributed by atoms with Crippen LogP contribution in [0.4, 0.5) is 5.82 Å². The first-order valence-electron chi connectivity index (χ1n) is 5.88. The molecule has 1 rings (SSSR count). The van der Waals surface area contributed by atoms with Crippen molar-refractivity contribution in [3.63, 3.8) is 0 Å². The summed E-state index contributed by atoms with van der Waals surface area (Å²) in [4.78, 5) is 16.1. The van der Waals surface area contributed by atoms with Gasteiger partial charge in [0.05, 0.1) is 0 Å². The summed E-state index contributed by atoms with van der Waals surface area (Å²) in [6, 6.07) is 0. The molecule has 0 aliphatic heterocycles. The maximum Gasteiger partial charge on any atom is 0.293 e. The molecule has 0 bridgehead atoms. The van der Waals surface area contributed by atoms with Crippen LogP contribution in [-0.2, 0) is 6.54 Å². The van der Waals surface area contributed by atoms with Gasteiger partial charge < -0.3 is 15.6 Å². The van der Waals surface area contributed by atoms with Crippen LogP contribution in [0.1, 0.15) is 27.7 Å². The Morgan fingerprint density at radius 2 is 2.18 bits per heavy atom. The summed E-state index contributed by atoms with van der Waals surface area (Å²) >= 11 is 0. The standard InChI is InChI=1S/C12H22N4O/c1-9(2)7-16-6-5-14-10(11(16)17)15-8-12(3,4)13/h5-6,9H,7-8,13H2,1-4H3,(H,14,15). The Hall–Kier alpha value is -1.36. The van der Waals surface area contributed by atoms with E-state index in [9.17, 15) is 4.79 Å². The topological polar surface area (TPSA) is 72.9 Å². The lowest BCUT2D eigenvalue weighted by atomic mass is 10.1. The van der Waals surface area contributed by atoms with E-state index in [4.69, 9.17) is 5.73 Å². The summed E-state index contributed by atoms with van der Waals surface area (Å²) in [5.41, 5.74) is 5.39. The van der Waals surface area contributed by atoms with Gasteiger partial charge in [0.25, 0.3) is 5.56 Å². The van der Waals surface area contributed by atoms with Crippen molar-refractivity contribution in [2.45, 2.75) is 39.8 Å². The van der Waals surface area contributed by atoms with Gasteiger partial charge in [0.1, 0.15) is 0 Å². The average Bonchev–Trinajstić information content (AvgIpc) is 2.17. The minimum atomic E-state index is -0.368. The third-order valence-electron chi connectivity index (χ3n) is 2.19. The first-order chi connectivity index (χ1) is 7.79. The van der Waals surface area contributed by atoms with Crippen LogP contribution in [0.5, 0.6) is 0 Å². The maximum atomic E-state index is 12.0. The molecule has 17 heavy (non-hydrogen) atoms. The Kier molecular flexibility index (Phi) is 4.28. The minimum Gasteiger partial charge on any atom is -0.364 e. The van der Waals surface area contributed by atoms with Gasteiger partial charge in [-0.25, -0.2) is 4.98 Å². The van der Waals surface area contributed by atoms with Crippen molar-refractivity contribution in [3.8, 4) is 0 Å². The van der Waals surface area contributed by atoms with Crippen molar-refractivity contribution in [1.29, 1.82) is 0 Å². The van der Waals surface area contributed by atoms with E-state index in [0.717, 1.165) is 0 Å². The fraction of sp³-hybridized carbons (Fsp3) is 0.667. The van der Waals surface area contributed by atoms with Gasteiger partial charge in [-0.3, -0.25) is 4.79 Å². The maximum absolute atomic E-state index is 12.0. The highest BCUT2D eigenvalue weighted by molar-refractivity contribution is 5.31. The molecule has 1 aromatic rings. The first kappa shape index (κ1) is 13.7. The molecule has 5 nitrogen and oxygen atoms in total. The Morgan fingerprint density at radius 3 is 2.71 bits per heavy atom. The van der Waals surface area contributed by atoms with E-state index in [2.05, 4.69) is 24.1 Å². The van der Waals surface area contributed by atoms with Crippen molar-refractivity contribution in [1.82, 2.24) is 9.55 Å². The van der Waals surface area contributed by atoms with Gasteiger partial charge in [0.15, 0.2) is 5.82 Å². The fourth-order valence-electron chi connectivity index (χ4n) is 1.42. The van der Waals surface area contributed by atoms with E-state index in [1.54, 1.807) is 17.0 Å². The normalized spacial score (nSPS) is 11.9. The van der Waals surface area contributed by atoms with E-state index in [0.29, 0.717) is 24.8 Å². The minimum absolute atomic E-state index is 0.0922. The van der Waals surface area contributed by atoms with E-state index in [-0.39, 0.29) is 11.1 Å². The van der Waals surface area contributed by atoms with E-state index in [1.807, 2.05) is 13.8 Å². The lowest BCUT2D eigenvalue weighted by Crippen LogP contribution is -2.41. The zero-order chi connectivity index (χ0) is 13.1.